The molecule has 2 heterocycles. The molecule has 1 aliphatic heterocycles. The fourth-order valence-corrected chi connectivity index (χ4v) is 3.00. The van der Waals surface area contributed by atoms with Crippen LogP contribution in [0.4, 0.5) is 5.82 Å². The standard InChI is InChI=1S/C14H15IN2O/c1-10-9-18-8-7-17(10)14-6-5-11-12(15)3-2-4-13(11)16-14/h2-6,10H,7-9H2,1H3. The van der Waals surface area contributed by atoms with Gasteiger partial charge in [0.05, 0.1) is 24.8 Å². The number of nitrogens with zero attached hydrogens (tertiary/aromatic N) is 2. The minimum absolute atomic E-state index is 0.395. The molecule has 18 heavy (non-hydrogen) atoms. The van der Waals surface area contributed by atoms with E-state index in [4.69, 9.17) is 9.72 Å². The van der Waals surface area contributed by atoms with E-state index in [1.165, 1.54) is 8.96 Å². The highest BCUT2D eigenvalue weighted by Gasteiger charge is 2.20. The van der Waals surface area contributed by atoms with Crippen LogP contribution in [0.5, 0.6) is 0 Å². The molecule has 1 saturated heterocycles. The van der Waals surface area contributed by atoms with E-state index >= 15 is 0 Å². The van der Waals surface area contributed by atoms with E-state index < -0.39 is 0 Å². The lowest BCUT2D eigenvalue weighted by Gasteiger charge is -2.34. The molecule has 1 aromatic carbocycles. The molecular weight excluding hydrogens is 339 g/mol. The van der Waals surface area contributed by atoms with Crippen molar-refractivity contribution in [2.24, 2.45) is 0 Å². The summed E-state index contributed by atoms with van der Waals surface area (Å²) in [7, 11) is 0. The number of fused-ring (bicyclic) bond motifs is 1. The first-order valence-corrected chi connectivity index (χ1v) is 7.23. The molecule has 1 fully saturated rings. The first-order chi connectivity index (χ1) is 8.75. The third-order valence-corrected chi connectivity index (χ3v) is 4.27. The highest BCUT2D eigenvalue weighted by molar-refractivity contribution is 14.1. The van der Waals surface area contributed by atoms with Crippen molar-refractivity contribution in [1.29, 1.82) is 0 Å². The van der Waals surface area contributed by atoms with Crippen molar-refractivity contribution in [2.45, 2.75) is 13.0 Å². The van der Waals surface area contributed by atoms with Gasteiger partial charge in [-0.1, -0.05) is 6.07 Å². The third kappa shape index (κ3) is 2.19. The number of halogens is 1. The predicted molar refractivity (Wildman–Crippen MR) is 82.1 cm³/mol. The molecule has 0 spiro atoms. The van der Waals surface area contributed by atoms with E-state index in [0.717, 1.165) is 31.1 Å². The minimum Gasteiger partial charge on any atom is -0.377 e. The zero-order valence-corrected chi connectivity index (χ0v) is 12.4. The lowest BCUT2D eigenvalue weighted by atomic mass is 10.2. The van der Waals surface area contributed by atoms with Crippen LogP contribution in [0.3, 0.4) is 0 Å². The maximum atomic E-state index is 5.47. The van der Waals surface area contributed by atoms with E-state index in [1.54, 1.807) is 0 Å². The molecular formula is C14H15IN2O. The summed E-state index contributed by atoms with van der Waals surface area (Å²) in [6.45, 7) is 4.67. The molecule has 0 bridgehead atoms. The Morgan fingerprint density at radius 1 is 1.33 bits per heavy atom. The summed E-state index contributed by atoms with van der Waals surface area (Å²) < 4.78 is 6.72. The van der Waals surface area contributed by atoms with Crippen LogP contribution in [-0.2, 0) is 4.74 Å². The van der Waals surface area contributed by atoms with Gasteiger partial charge >= 0.3 is 0 Å². The fourth-order valence-electron chi connectivity index (χ4n) is 2.33. The van der Waals surface area contributed by atoms with Crippen molar-refractivity contribution in [3.05, 3.63) is 33.9 Å². The van der Waals surface area contributed by atoms with Gasteiger partial charge in [-0.2, -0.15) is 0 Å². The Kier molecular flexibility index (Phi) is 3.39. The summed E-state index contributed by atoms with van der Waals surface area (Å²) in [6.07, 6.45) is 0. The summed E-state index contributed by atoms with van der Waals surface area (Å²) in [6, 6.07) is 10.9. The molecule has 0 saturated carbocycles. The molecule has 0 N–H and O–H groups in total. The van der Waals surface area contributed by atoms with Crippen LogP contribution in [0.25, 0.3) is 10.9 Å². The second kappa shape index (κ2) is 5.01. The van der Waals surface area contributed by atoms with Gasteiger partial charge in [-0.25, -0.2) is 4.98 Å². The number of hydrogen-bond acceptors (Lipinski definition) is 3. The Balaban J connectivity index is 2.02. The summed E-state index contributed by atoms with van der Waals surface area (Å²) >= 11 is 2.35. The van der Waals surface area contributed by atoms with Crippen molar-refractivity contribution in [2.75, 3.05) is 24.7 Å². The van der Waals surface area contributed by atoms with Gasteiger partial charge in [-0.3, -0.25) is 0 Å². The number of ether oxygens (including phenoxy) is 1. The molecule has 3 nitrogen and oxygen atoms in total. The van der Waals surface area contributed by atoms with Crippen molar-refractivity contribution < 1.29 is 4.74 Å². The van der Waals surface area contributed by atoms with Gasteiger partial charge in [0, 0.05) is 15.5 Å². The van der Waals surface area contributed by atoms with Crippen molar-refractivity contribution in [3.63, 3.8) is 0 Å². The van der Waals surface area contributed by atoms with E-state index in [-0.39, 0.29) is 0 Å². The van der Waals surface area contributed by atoms with Crippen LogP contribution >= 0.6 is 22.6 Å². The first-order valence-electron chi connectivity index (χ1n) is 6.15. The Bertz CT molecular complexity index is 573. The number of aromatic nitrogens is 1. The molecule has 2 aromatic rings. The van der Waals surface area contributed by atoms with Gasteiger partial charge in [0.1, 0.15) is 5.82 Å². The molecule has 94 valence electrons. The number of morpholine rings is 1. The van der Waals surface area contributed by atoms with Crippen LogP contribution in [-0.4, -0.2) is 30.8 Å². The zero-order chi connectivity index (χ0) is 12.5. The van der Waals surface area contributed by atoms with E-state index in [1.807, 2.05) is 0 Å². The van der Waals surface area contributed by atoms with Gasteiger partial charge in [0.15, 0.2) is 0 Å². The Hall–Kier alpha value is -0.880. The monoisotopic (exact) mass is 354 g/mol. The van der Waals surface area contributed by atoms with Crippen LogP contribution in [0.15, 0.2) is 30.3 Å². The smallest absolute Gasteiger partial charge is 0.129 e. The van der Waals surface area contributed by atoms with Gasteiger partial charge in [0.2, 0.25) is 0 Å². The molecule has 3 rings (SSSR count). The molecule has 0 amide bonds. The highest BCUT2D eigenvalue weighted by atomic mass is 127. The third-order valence-electron chi connectivity index (χ3n) is 3.33. The molecule has 1 atom stereocenters. The topological polar surface area (TPSA) is 25.4 Å². The van der Waals surface area contributed by atoms with Crippen molar-refractivity contribution in [1.82, 2.24) is 4.98 Å². The largest absolute Gasteiger partial charge is 0.377 e. The number of rotatable bonds is 1. The summed E-state index contributed by atoms with van der Waals surface area (Å²) in [4.78, 5) is 7.10. The van der Waals surface area contributed by atoms with Crippen LogP contribution in [0, 0.1) is 3.57 Å². The first kappa shape index (κ1) is 12.2. The van der Waals surface area contributed by atoms with Gasteiger partial charge in [-0.05, 0) is 53.8 Å². The zero-order valence-electron chi connectivity index (χ0n) is 10.3. The normalized spacial score (nSPS) is 20.3. The predicted octanol–water partition coefficient (Wildman–Crippen LogP) is 3.06. The van der Waals surface area contributed by atoms with Crippen LogP contribution in [0.2, 0.25) is 0 Å². The Morgan fingerprint density at radius 3 is 3.06 bits per heavy atom. The van der Waals surface area contributed by atoms with Crippen LogP contribution < -0.4 is 4.90 Å². The number of pyridine rings is 1. The molecule has 1 aliphatic rings. The van der Waals surface area contributed by atoms with E-state index in [0.29, 0.717) is 6.04 Å². The summed E-state index contributed by atoms with van der Waals surface area (Å²) in [5, 5.41) is 1.22. The minimum atomic E-state index is 0.395. The second-order valence-electron chi connectivity index (χ2n) is 4.59. The second-order valence-corrected chi connectivity index (χ2v) is 5.76. The van der Waals surface area contributed by atoms with Crippen molar-refractivity contribution >= 4 is 39.3 Å². The quantitative estimate of drug-likeness (QED) is 0.736. The lowest BCUT2D eigenvalue weighted by Crippen LogP contribution is -2.44. The molecule has 1 aromatic heterocycles. The Labute approximate surface area is 120 Å². The molecule has 0 aliphatic carbocycles. The molecule has 0 radical (unpaired) electrons. The molecule has 1 unspecified atom stereocenters. The number of anilines is 1. The number of hydrogen-bond donors (Lipinski definition) is 0. The van der Waals surface area contributed by atoms with Crippen LogP contribution in [0.1, 0.15) is 6.92 Å². The SMILES string of the molecule is CC1COCCN1c1ccc2c(I)cccc2n1. The maximum Gasteiger partial charge on any atom is 0.129 e. The average Bonchev–Trinajstić information content (AvgIpc) is 2.39. The van der Waals surface area contributed by atoms with Gasteiger partial charge < -0.3 is 9.64 Å². The fraction of sp³-hybridized carbons (Fsp3) is 0.357. The maximum absolute atomic E-state index is 5.47. The Morgan fingerprint density at radius 2 is 2.22 bits per heavy atom. The molecule has 4 heteroatoms. The highest BCUT2D eigenvalue weighted by Crippen LogP contribution is 2.24. The van der Waals surface area contributed by atoms with Crippen molar-refractivity contribution in [3.8, 4) is 0 Å². The van der Waals surface area contributed by atoms with E-state index in [2.05, 4.69) is 64.7 Å². The lowest BCUT2D eigenvalue weighted by molar-refractivity contribution is 0.0986. The summed E-state index contributed by atoms with van der Waals surface area (Å²) in [5.41, 5.74) is 1.07. The van der Waals surface area contributed by atoms with E-state index in [9.17, 15) is 0 Å². The van der Waals surface area contributed by atoms with Gasteiger partial charge in [-0.15, -0.1) is 0 Å². The van der Waals surface area contributed by atoms with Gasteiger partial charge in [0.25, 0.3) is 0 Å². The average molecular weight is 354 g/mol. The summed E-state index contributed by atoms with van der Waals surface area (Å²) in [5.74, 6) is 1.06. The number of benzene rings is 1.